The summed E-state index contributed by atoms with van der Waals surface area (Å²) < 4.78 is 135. The highest BCUT2D eigenvalue weighted by atomic mass is 32.2. The molecule has 0 aliphatic heterocycles. The summed E-state index contributed by atoms with van der Waals surface area (Å²) in [4.78, 5) is 5.45. The van der Waals surface area contributed by atoms with Crippen LogP contribution in [-0.2, 0) is 40.5 Å². The molecule has 0 atom stereocenters. The molecule has 0 fully saturated rings. The second kappa shape index (κ2) is 12.1. The van der Waals surface area contributed by atoms with Crippen LogP contribution in [0, 0.1) is 10.1 Å². The van der Waals surface area contributed by atoms with E-state index in [1.165, 1.54) is 0 Å². The second-order valence-corrected chi connectivity index (χ2v) is 14.8. The van der Waals surface area contributed by atoms with Crippen LogP contribution in [0.15, 0.2) is 88.6 Å². The van der Waals surface area contributed by atoms with Crippen LogP contribution in [-0.4, -0.2) is 61.9 Å². The Morgan fingerprint density at radius 1 is 0.604 bits per heavy atom. The van der Waals surface area contributed by atoms with Gasteiger partial charge in [0.2, 0.25) is 0 Å². The highest BCUT2D eigenvalue weighted by Crippen LogP contribution is 2.48. The summed E-state index contributed by atoms with van der Waals surface area (Å²) in [7, 11) is -21.0. The Kier molecular flexibility index (Phi) is 8.98. The average Bonchev–Trinajstić information content (AvgIpc) is 2.93. The molecule has 4 rings (SSSR count). The van der Waals surface area contributed by atoms with E-state index in [0.29, 0.717) is 30.3 Å². The molecule has 26 heteroatoms. The zero-order valence-electron chi connectivity index (χ0n) is 23.0. The zero-order chi connectivity index (χ0) is 36.1. The van der Waals surface area contributed by atoms with Gasteiger partial charge in [-0.15, -0.1) is 20.5 Å². The number of azo groups is 2. The Bertz CT molecular complexity index is 2570. The molecule has 0 aliphatic carbocycles. The molecule has 0 heterocycles. The molecule has 9 N–H and O–H groups in total. The molecule has 254 valence electrons. The van der Waals surface area contributed by atoms with Crippen LogP contribution in [0.4, 0.5) is 39.8 Å². The Morgan fingerprint density at radius 2 is 1.15 bits per heavy atom. The second-order valence-electron chi connectivity index (χ2n) is 9.24. The number of non-ortho nitro benzene ring substituents is 1. The maximum atomic E-state index is 12.3. The highest BCUT2D eigenvalue weighted by Gasteiger charge is 2.29. The zero-order valence-corrected chi connectivity index (χ0v) is 26.2. The van der Waals surface area contributed by atoms with Crippen LogP contribution < -0.4 is 11.5 Å². The van der Waals surface area contributed by atoms with Crippen LogP contribution in [0.2, 0.25) is 0 Å². The maximum absolute atomic E-state index is 12.3. The van der Waals surface area contributed by atoms with Gasteiger partial charge < -0.3 is 16.6 Å². The van der Waals surface area contributed by atoms with E-state index in [4.69, 9.17) is 11.5 Å². The molecule has 4 aromatic carbocycles. The molecule has 0 saturated carbocycles. The number of nitrogens with zero attached hydrogens (tertiary/aromatic N) is 5. The van der Waals surface area contributed by atoms with Crippen molar-refractivity contribution in [3.05, 3.63) is 58.6 Å². The van der Waals surface area contributed by atoms with E-state index in [1.54, 1.807) is 0 Å². The molecule has 0 saturated heterocycles. The number of anilines is 2. The number of fused-ring (bicyclic) bond motifs is 1. The summed E-state index contributed by atoms with van der Waals surface area (Å²) in [5.74, 6) is -1.39. The van der Waals surface area contributed by atoms with Gasteiger partial charge in [0.25, 0.3) is 46.2 Å². The minimum atomic E-state index is -5.48. The van der Waals surface area contributed by atoms with E-state index < -0.39 is 116 Å². The number of nitro groups is 1. The van der Waals surface area contributed by atoms with Gasteiger partial charge in [-0.05, 0) is 36.4 Å². The standard InChI is InChI=1S/C22H17N7O15S4/c23-9-1-4-15(45(33,34)35)13(5-9)26-27-14-8-16(46(36,37)38)11-7-18(48(42,43)44)21(22(30)19(11)20(14)24)28-25-12-3-2-10(29(31)32)6-17(12)47(39,40)41/h1-8,30H,23-24H2,(H,33,34,35)(H,36,37,38)(H,39,40,41)(H,42,43,44). The Hall–Kier alpha value is -5.22. The van der Waals surface area contributed by atoms with E-state index in [-0.39, 0.29) is 5.69 Å². The summed E-state index contributed by atoms with van der Waals surface area (Å²) in [5, 5.41) is 34.5. The van der Waals surface area contributed by atoms with Crippen molar-refractivity contribution in [2.75, 3.05) is 11.5 Å². The lowest BCUT2D eigenvalue weighted by molar-refractivity contribution is -0.385. The third-order valence-corrected chi connectivity index (χ3v) is 9.63. The number of rotatable bonds is 9. The van der Waals surface area contributed by atoms with Gasteiger partial charge in [0.15, 0.2) is 5.75 Å². The van der Waals surface area contributed by atoms with E-state index in [1.807, 2.05) is 0 Å². The van der Waals surface area contributed by atoms with Crippen LogP contribution >= 0.6 is 0 Å². The molecule has 0 amide bonds. The predicted molar refractivity (Wildman–Crippen MR) is 162 cm³/mol. The van der Waals surface area contributed by atoms with E-state index in [9.17, 15) is 67.1 Å². The number of benzene rings is 4. The lowest BCUT2D eigenvalue weighted by atomic mass is 10.0. The Labute approximate surface area is 268 Å². The number of nitrogens with two attached hydrogens (primary N) is 2. The molecule has 0 aromatic heterocycles. The first-order chi connectivity index (χ1) is 21.9. The monoisotopic (exact) mass is 747 g/mol. The van der Waals surface area contributed by atoms with E-state index in [0.717, 1.165) is 18.2 Å². The van der Waals surface area contributed by atoms with Gasteiger partial charge in [-0.2, -0.15) is 33.7 Å². The lowest BCUT2D eigenvalue weighted by Crippen LogP contribution is -2.04. The molecule has 22 nitrogen and oxygen atoms in total. The van der Waals surface area contributed by atoms with Crippen LogP contribution in [0.5, 0.6) is 5.75 Å². The summed E-state index contributed by atoms with van der Waals surface area (Å²) in [6.45, 7) is 0. The van der Waals surface area contributed by atoms with Crippen LogP contribution in [0.25, 0.3) is 10.8 Å². The van der Waals surface area contributed by atoms with Crippen molar-refractivity contribution in [1.29, 1.82) is 0 Å². The van der Waals surface area contributed by atoms with Crippen LogP contribution in [0.1, 0.15) is 0 Å². The SMILES string of the molecule is Nc1ccc(S(=O)(=O)O)c(N=Nc2cc(S(=O)(=O)O)c3cc(S(=O)(=O)O)c(N=Nc4ccc([N+](=O)[O-])cc4S(=O)(=O)O)c(O)c3c2N)c1. The van der Waals surface area contributed by atoms with Gasteiger partial charge in [0, 0.05) is 23.2 Å². The van der Waals surface area contributed by atoms with Crippen molar-refractivity contribution in [3.8, 4) is 5.75 Å². The van der Waals surface area contributed by atoms with E-state index in [2.05, 4.69) is 20.5 Å². The molecule has 0 radical (unpaired) electrons. The average molecular weight is 748 g/mol. The number of hydrogen-bond donors (Lipinski definition) is 7. The summed E-state index contributed by atoms with van der Waals surface area (Å²) in [6.07, 6.45) is 0. The number of phenols is 1. The number of nitrogen functional groups attached to an aromatic ring is 2. The number of phenolic OH excluding ortho intramolecular Hbond substituents is 1. The van der Waals surface area contributed by atoms with Gasteiger partial charge in [0.1, 0.15) is 42.3 Å². The highest BCUT2D eigenvalue weighted by molar-refractivity contribution is 7.86. The topological polar surface area (TPSA) is 382 Å². The van der Waals surface area contributed by atoms with E-state index >= 15 is 0 Å². The quantitative estimate of drug-likeness (QED) is 0.0423. The molecule has 0 spiro atoms. The largest absolute Gasteiger partial charge is 0.505 e. The first-order valence-corrected chi connectivity index (χ1v) is 17.7. The molecule has 0 bridgehead atoms. The third-order valence-electron chi connectivity index (χ3n) is 6.09. The number of nitro benzene ring substituents is 1. The third kappa shape index (κ3) is 7.18. The lowest BCUT2D eigenvalue weighted by Gasteiger charge is -2.14. The Balaban J connectivity index is 2.09. The van der Waals surface area contributed by atoms with Gasteiger partial charge in [-0.25, -0.2) is 0 Å². The summed E-state index contributed by atoms with van der Waals surface area (Å²) >= 11 is 0. The molecular formula is C22H17N7O15S4. The Morgan fingerprint density at radius 3 is 1.69 bits per heavy atom. The van der Waals surface area contributed by atoms with Crippen molar-refractivity contribution in [2.45, 2.75) is 19.6 Å². The fourth-order valence-corrected chi connectivity index (χ4v) is 6.64. The number of hydrogen-bond acceptors (Lipinski definition) is 17. The molecule has 0 unspecified atom stereocenters. The minimum Gasteiger partial charge on any atom is -0.505 e. The minimum absolute atomic E-state index is 0.0722. The summed E-state index contributed by atoms with van der Waals surface area (Å²) in [5.41, 5.74) is 6.62. The van der Waals surface area contributed by atoms with Gasteiger partial charge >= 0.3 is 0 Å². The summed E-state index contributed by atoms with van der Waals surface area (Å²) in [6, 6.07) is 5.50. The first kappa shape index (κ1) is 35.6. The van der Waals surface area contributed by atoms with Crippen molar-refractivity contribution < 1.29 is 61.9 Å². The van der Waals surface area contributed by atoms with Crippen LogP contribution in [0.3, 0.4) is 0 Å². The van der Waals surface area contributed by atoms with Crippen molar-refractivity contribution in [3.63, 3.8) is 0 Å². The predicted octanol–water partition coefficient (Wildman–Crippen LogP) is 3.44. The van der Waals surface area contributed by atoms with Crippen molar-refractivity contribution in [1.82, 2.24) is 0 Å². The molecule has 4 aromatic rings. The van der Waals surface area contributed by atoms with Gasteiger partial charge in [-0.1, -0.05) is 0 Å². The van der Waals surface area contributed by atoms with Gasteiger partial charge in [-0.3, -0.25) is 28.3 Å². The number of aromatic hydroxyl groups is 1. The van der Waals surface area contributed by atoms with Crippen molar-refractivity contribution in [2.24, 2.45) is 20.5 Å². The molecular weight excluding hydrogens is 731 g/mol. The molecule has 48 heavy (non-hydrogen) atoms. The fourth-order valence-electron chi connectivity index (χ4n) is 4.05. The first-order valence-electron chi connectivity index (χ1n) is 11.9. The smallest absolute Gasteiger partial charge is 0.297 e. The van der Waals surface area contributed by atoms with Crippen molar-refractivity contribution >= 4 is 91.1 Å². The normalized spacial score (nSPS) is 13.1. The van der Waals surface area contributed by atoms with Gasteiger partial charge in [0.05, 0.1) is 16.0 Å². The maximum Gasteiger partial charge on any atom is 0.297 e. The fraction of sp³-hybridized carbons (Fsp3) is 0. The molecule has 0 aliphatic rings.